The summed E-state index contributed by atoms with van der Waals surface area (Å²) in [6, 6.07) is 77.0. The molecule has 96 heavy (non-hydrogen) atoms. The molecule has 4 atom stereocenters. The highest BCUT2D eigenvalue weighted by molar-refractivity contribution is 5.95. The number of nitrogens with zero attached hydrogens (tertiary/aromatic N) is 7. The van der Waals surface area contributed by atoms with Gasteiger partial charge in [0.2, 0.25) is 11.8 Å². The Morgan fingerprint density at radius 1 is 0.490 bits per heavy atom. The fourth-order valence-corrected chi connectivity index (χ4v) is 13.6. The van der Waals surface area contributed by atoms with Gasteiger partial charge in [0.15, 0.2) is 0 Å². The van der Waals surface area contributed by atoms with Crippen molar-refractivity contribution in [3.05, 3.63) is 299 Å². The summed E-state index contributed by atoms with van der Waals surface area (Å²) in [5.74, 6) is -0.496. The summed E-state index contributed by atoms with van der Waals surface area (Å²) in [6.45, 7) is 8.46. The Labute approximate surface area is 560 Å². The smallest absolute Gasteiger partial charge is 0.338 e. The van der Waals surface area contributed by atoms with E-state index in [1.807, 2.05) is 64.4 Å². The number of benzene rings is 8. The number of β-amino-alcohol motifs (C(OH)–C–C–N with tert-alkyl or cyclic N) is 1. The highest BCUT2D eigenvalue weighted by Gasteiger charge is 2.38. The first-order valence-corrected chi connectivity index (χ1v) is 33.4. The first-order chi connectivity index (χ1) is 47.1. The first-order valence-electron chi connectivity index (χ1n) is 33.4. The molecule has 10 aromatic rings. The third-order valence-corrected chi connectivity index (χ3v) is 18.8. The van der Waals surface area contributed by atoms with Crippen LogP contribution in [0.2, 0.25) is 0 Å². The maximum absolute atomic E-state index is 14.2. The fourth-order valence-electron chi connectivity index (χ4n) is 13.6. The molecule has 16 heteroatoms. The van der Waals surface area contributed by atoms with Gasteiger partial charge in [-0.15, -0.1) is 0 Å². The number of ether oxygens (including phenoxy) is 3. The SMILES string of the molecule is O=C(OCC(O)CN1Cc2ccccc2C[C@H]1C(=O)N1CCN(C(c2ccccc2)c2ccccc2)CC1)c1ccc2ncccc2c1.O=C(OCC1CO1)c1ccc2ncccc2c1.O=C([C@@H]1Cc2ccccc2CN1)N1CCN(C(c2ccccc2)c2ccccc2)CC1. The molecule has 8 aromatic carbocycles. The van der Waals surface area contributed by atoms with Crippen LogP contribution in [0.15, 0.2) is 243 Å². The van der Waals surface area contributed by atoms with Crippen molar-refractivity contribution in [3.63, 3.8) is 0 Å². The highest BCUT2D eigenvalue weighted by Crippen LogP contribution is 2.33. The molecule has 15 rings (SSSR count). The summed E-state index contributed by atoms with van der Waals surface area (Å²) in [7, 11) is 0. The molecule has 2 amide bonds. The number of epoxide rings is 1. The summed E-state index contributed by atoms with van der Waals surface area (Å²) < 4.78 is 15.6. The van der Waals surface area contributed by atoms with Crippen LogP contribution >= 0.6 is 0 Å². The van der Waals surface area contributed by atoms with Gasteiger partial charge in [-0.25, -0.2) is 9.59 Å². The Balaban J connectivity index is 0.000000147. The molecule has 0 saturated carbocycles. The van der Waals surface area contributed by atoms with Crippen LogP contribution in [0.3, 0.4) is 0 Å². The van der Waals surface area contributed by atoms with E-state index in [-0.39, 0.29) is 55.2 Å². The molecular formula is C80H80N8O8. The number of carbonyl (C=O) groups is 4. The number of amides is 2. The zero-order valence-electron chi connectivity index (χ0n) is 53.8. The minimum atomic E-state index is -0.953. The molecule has 3 fully saturated rings. The second kappa shape index (κ2) is 31.2. The highest BCUT2D eigenvalue weighted by atomic mass is 16.6. The van der Waals surface area contributed by atoms with E-state index in [1.165, 1.54) is 33.4 Å². The van der Waals surface area contributed by atoms with Crippen LogP contribution in [-0.4, -0.2) is 166 Å². The van der Waals surface area contributed by atoms with Crippen molar-refractivity contribution in [2.75, 3.05) is 78.7 Å². The number of rotatable bonds is 16. The van der Waals surface area contributed by atoms with Crippen LogP contribution in [0.5, 0.6) is 0 Å². The Bertz CT molecular complexity index is 4170. The third kappa shape index (κ3) is 16.1. The second-order valence-electron chi connectivity index (χ2n) is 25.1. The maximum Gasteiger partial charge on any atom is 0.338 e. The lowest BCUT2D eigenvalue weighted by atomic mass is 9.92. The average Bonchev–Trinajstić information content (AvgIpc) is 1.04. The number of aromatic nitrogens is 2. The van der Waals surface area contributed by atoms with Gasteiger partial charge in [-0.1, -0.05) is 182 Å². The number of esters is 2. The summed E-state index contributed by atoms with van der Waals surface area (Å²) in [5.41, 5.74) is 12.6. The molecule has 0 radical (unpaired) electrons. The minimum Gasteiger partial charge on any atom is -0.459 e. The predicted octanol–water partition coefficient (Wildman–Crippen LogP) is 10.5. The van der Waals surface area contributed by atoms with Crippen molar-refractivity contribution in [3.8, 4) is 0 Å². The Morgan fingerprint density at radius 3 is 1.42 bits per heavy atom. The molecule has 0 spiro atoms. The molecular weight excluding hydrogens is 1200 g/mol. The van der Waals surface area contributed by atoms with Gasteiger partial charge in [-0.2, -0.15) is 0 Å². The number of piperazine rings is 2. The number of carbonyl (C=O) groups excluding carboxylic acids is 4. The molecule has 2 unspecified atom stereocenters. The molecule has 0 bridgehead atoms. The molecule has 3 saturated heterocycles. The van der Waals surface area contributed by atoms with Crippen molar-refractivity contribution >= 4 is 45.6 Å². The fraction of sp³-hybridized carbons (Fsp3) is 0.275. The summed E-state index contributed by atoms with van der Waals surface area (Å²) >= 11 is 0. The zero-order valence-corrected chi connectivity index (χ0v) is 53.8. The van der Waals surface area contributed by atoms with Crippen LogP contribution in [0, 0.1) is 0 Å². The van der Waals surface area contributed by atoms with E-state index >= 15 is 0 Å². The van der Waals surface area contributed by atoms with Gasteiger partial charge >= 0.3 is 11.9 Å². The molecule has 2 N–H and O–H groups in total. The van der Waals surface area contributed by atoms with Gasteiger partial charge in [0.25, 0.3) is 0 Å². The first kappa shape index (κ1) is 64.9. The molecule has 2 aromatic heterocycles. The maximum atomic E-state index is 14.2. The van der Waals surface area contributed by atoms with E-state index < -0.39 is 18.1 Å². The molecule has 16 nitrogen and oxygen atoms in total. The normalized spacial score (nSPS) is 18.2. The largest absolute Gasteiger partial charge is 0.459 e. The Morgan fingerprint density at radius 2 is 0.927 bits per heavy atom. The molecule has 5 aliphatic rings. The van der Waals surface area contributed by atoms with Gasteiger partial charge in [0.1, 0.15) is 25.4 Å². The second-order valence-corrected chi connectivity index (χ2v) is 25.1. The summed E-state index contributed by atoms with van der Waals surface area (Å²) in [6.07, 6.45) is 3.94. The van der Waals surface area contributed by atoms with Gasteiger partial charge in [0, 0.05) is 95.2 Å². The minimum absolute atomic E-state index is 0.0779. The van der Waals surface area contributed by atoms with Crippen LogP contribution in [0.4, 0.5) is 0 Å². The van der Waals surface area contributed by atoms with E-state index in [0.717, 1.165) is 85.2 Å². The number of aliphatic hydroxyl groups excluding tert-OH is 1. The van der Waals surface area contributed by atoms with Gasteiger partial charge in [-0.3, -0.25) is 34.3 Å². The van der Waals surface area contributed by atoms with Crippen LogP contribution in [0.25, 0.3) is 21.8 Å². The molecule has 0 aliphatic carbocycles. The number of fused-ring (bicyclic) bond motifs is 4. The monoisotopic (exact) mass is 1280 g/mol. The Hall–Kier alpha value is -9.78. The number of aliphatic hydroxyl groups is 1. The topological polar surface area (TPSA) is 174 Å². The van der Waals surface area contributed by atoms with Gasteiger partial charge < -0.3 is 34.4 Å². The van der Waals surface area contributed by atoms with Crippen LogP contribution < -0.4 is 5.32 Å². The van der Waals surface area contributed by atoms with Crippen molar-refractivity contribution in [2.24, 2.45) is 0 Å². The van der Waals surface area contributed by atoms with Crippen molar-refractivity contribution in [1.82, 2.24) is 39.8 Å². The summed E-state index contributed by atoms with van der Waals surface area (Å²) in [5, 5.41) is 16.3. The van der Waals surface area contributed by atoms with Crippen LogP contribution in [-0.2, 0) is 49.7 Å². The van der Waals surface area contributed by atoms with Crippen molar-refractivity contribution in [2.45, 2.75) is 62.3 Å². The zero-order chi connectivity index (χ0) is 65.6. The summed E-state index contributed by atoms with van der Waals surface area (Å²) in [4.78, 5) is 71.6. The van der Waals surface area contributed by atoms with E-state index in [9.17, 15) is 24.3 Å². The van der Waals surface area contributed by atoms with E-state index in [2.05, 4.69) is 176 Å². The number of hydrogen-bond donors (Lipinski definition) is 2. The average molecular weight is 1280 g/mol. The lowest BCUT2D eigenvalue weighted by Gasteiger charge is -2.43. The number of pyridine rings is 2. The van der Waals surface area contributed by atoms with Crippen molar-refractivity contribution in [1.29, 1.82) is 0 Å². The predicted molar refractivity (Wildman–Crippen MR) is 371 cm³/mol. The van der Waals surface area contributed by atoms with Gasteiger partial charge in [0.05, 0.1) is 52.9 Å². The molecule has 5 aliphatic heterocycles. The van der Waals surface area contributed by atoms with Crippen LogP contribution in [0.1, 0.15) is 77.3 Å². The van der Waals surface area contributed by atoms with Gasteiger partial charge in [-0.05, 0) is 106 Å². The third-order valence-electron chi connectivity index (χ3n) is 18.8. The van der Waals surface area contributed by atoms with E-state index in [4.69, 9.17) is 14.2 Å². The van der Waals surface area contributed by atoms with Crippen molar-refractivity contribution < 1.29 is 38.5 Å². The van der Waals surface area contributed by atoms with E-state index in [0.29, 0.717) is 50.4 Å². The lowest BCUT2D eigenvalue weighted by Crippen LogP contribution is -2.57. The number of nitrogens with one attached hydrogen (secondary N) is 1. The van der Waals surface area contributed by atoms with E-state index in [1.54, 1.807) is 42.7 Å². The quantitative estimate of drug-likeness (QED) is 0.0691. The molecule has 7 heterocycles. The standard InChI is InChI=1S/C40H40N4O4.C27H29N3O.C13H11NO3/c45-35(28-48-40(47)33-17-18-36-32(24-33)16-9-19-41-36)27-44-26-34-15-8-7-14-31(34)25-37(44)39(46)43-22-20-42(21-23-43)38(29-10-3-1-4-11-29)30-12-5-2-6-13-30;31-27(25-19-23-13-7-8-14-24(23)20-28-25)30-17-15-29(16-18-30)26(21-9-3-1-4-10-21)22-11-5-2-6-12-22;15-13(17-8-11-7-16-11)10-3-4-12-9(6-10)2-1-5-14-12/h1-19,24,35,37-38,45H,20-23,25-28H2;1-14,25-26,28H,15-20H2;1-6,11H,7-8H2/t35?,37-;25-;/m00./s1. The molecule has 488 valence electrons. The Kier molecular flexibility index (Phi) is 21.1. The lowest BCUT2D eigenvalue weighted by molar-refractivity contribution is -0.140. The number of hydrogen-bond acceptors (Lipinski definition) is 14.